The maximum atomic E-state index is 11.2. The molecule has 0 fully saturated rings. The van der Waals surface area contributed by atoms with Crippen molar-refractivity contribution in [1.82, 2.24) is 0 Å². The van der Waals surface area contributed by atoms with Crippen LogP contribution < -0.4 is 0 Å². The first-order valence-electron chi connectivity index (χ1n) is 5.27. The number of aromatic hydroxyl groups is 1. The molecule has 2 N–H and O–H groups in total. The topological polar surface area (TPSA) is 69.9 Å². The van der Waals surface area contributed by atoms with Crippen LogP contribution in [0.1, 0.15) is 19.4 Å². The van der Waals surface area contributed by atoms with Crippen LogP contribution in [0, 0.1) is 6.92 Å². The highest BCUT2D eigenvalue weighted by atomic mass is 35.5. The van der Waals surface area contributed by atoms with Crippen molar-refractivity contribution in [2.24, 2.45) is 4.99 Å². The highest BCUT2D eigenvalue weighted by molar-refractivity contribution is 6.32. The van der Waals surface area contributed by atoms with Crippen molar-refractivity contribution >= 4 is 29.3 Å². The number of Topliss-reactive ketones (excluding diaryl/α,β-unsaturated/α-hetero) is 1. The number of nitrogens with zero attached hydrogens (tertiary/aromatic N) is 1. The van der Waals surface area contributed by atoms with E-state index in [4.69, 9.17) is 11.6 Å². The average molecular weight is 268 g/mol. The third kappa shape index (κ3) is 3.34. The van der Waals surface area contributed by atoms with Gasteiger partial charge in [0.2, 0.25) is 0 Å². The van der Waals surface area contributed by atoms with Gasteiger partial charge >= 0.3 is 0 Å². The second-order valence-corrected chi connectivity index (χ2v) is 4.31. The number of aliphatic hydroxyl groups excluding tert-OH is 1. The van der Waals surface area contributed by atoms with Crippen LogP contribution in [-0.2, 0) is 4.79 Å². The molecule has 0 spiro atoms. The first-order valence-corrected chi connectivity index (χ1v) is 5.64. The number of phenols is 1. The number of ketones is 1. The number of carbonyl (C=O) groups is 1. The second-order valence-electron chi connectivity index (χ2n) is 3.91. The predicted octanol–water partition coefficient (Wildman–Crippen LogP) is 3.48. The number of aryl methyl sites for hydroxylation is 1. The van der Waals surface area contributed by atoms with E-state index in [1.165, 1.54) is 26.1 Å². The Morgan fingerprint density at radius 2 is 2.00 bits per heavy atom. The summed E-state index contributed by atoms with van der Waals surface area (Å²) >= 11 is 5.81. The Morgan fingerprint density at radius 3 is 2.44 bits per heavy atom. The van der Waals surface area contributed by atoms with Crippen LogP contribution in [0.25, 0.3) is 0 Å². The summed E-state index contributed by atoms with van der Waals surface area (Å²) in [5.74, 6) is -0.357. The molecule has 0 unspecified atom stereocenters. The third-order valence-corrected chi connectivity index (χ3v) is 2.64. The highest BCUT2D eigenvalue weighted by Crippen LogP contribution is 2.31. The Kier molecular flexibility index (Phi) is 4.50. The summed E-state index contributed by atoms with van der Waals surface area (Å²) in [5.41, 5.74) is 1.22. The van der Waals surface area contributed by atoms with Crippen LogP contribution in [0.2, 0.25) is 5.02 Å². The van der Waals surface area contributed by atoms with Gasteiger partial charge in [0.1, 0.15) is 11.5 Å². The number of phenolic OH excluding ortho intramolecular Hbond substituents is 1. The number of halogens is 1. The molecular formula is C13H14ClNO3. The van der Waals surface area contributed by atoms with Gasteiger partial charge in [0.05, 0.1) is 16.3 Å². The smallest absolute Gasteiger partial charge is 0.164 e. The molecule has 18 heavy (non-hydrogen) atoms. The Morgan fingerprint density at radius 1 is 1.39 bits per heavy atom. The largest absolute Gasteiger partial charge is 0.512 e. The second kappa shape index (κ2) is 5.69. The van der Waals surface area contributed by atoms with Crippen molar-refractivity contribution in [3.05, 3.63) is 34.1 Å². The minimum Gasteiger partial charge on any atom is -0.512 e. The summed E-state index contributed by atoms with van der Waals surface area (Å²) in [4.78, 5) is 15.3. The minimum atomic E-state index is -0.277. The van der Waals surface area contributed by atoms with E-state index in [-0.39, 0.29) is 27.9 Å². The molecule has 1 aromatic rings. The van der Waals surface area contributed by atoms with Crippen molar-refractivity contribution in [2.45, 2.75) is 20.8 Å². The van der Waals surface area contributed by atoms with E-state index in [0.29, 0.717) is 11.3 Å². The molecule has 0 saturated heterocycles. The zero-order chi connectivity index (χ0) is 13.9. The predicted molar refractivity (Wildman–Crippen MR) is 72.0 cm³/mol. The lowest BCUT2D eigenvalue weighted by atomic mass is 10.1. The molecule has 1 aromatic carbocycles. The van der Waals surface area contributed by atoms with Gasteiger partial charge in [-0.25, -0.2) is 0 Å². The van der Waals surface area contributed by atoms with E-state index in [9.17, 15) is 15.0 Å². The van der Waals surface area contributed by atoms with E-state index in [1.54, 1.807) is 13.0 Å². The number of rotatable bonds is 3. The van der Waals surface area contributed by atoms with Gasteiger partial charge in [-0.2, -0.15) is 0 Å². The molecule has 0 aliphatic carbocycles. The van der Waals surface area contributed by atoms with E-state index in [1.807, 2.05) is 0 Å². The molecule has 1 rings (SSSR count). The highest BCUT2D eigenvalue weighted by Gasteiger charge is 2.06. The number of benzene rings is 1. The van der Waals surface area contributed by atoms with Crippen molar-refractivity contribution in [2.75, 3.05) is 0 Å². The lowest BCUT2D eigenvalue weighted by molar-refractivity contribution is -0.113. The fourth-order valence-electron chi connectivity index (χ4n) is 1.37. The molecular weight excluding hydrogens is 254 g/mol. The molecule has 0 atom stereocenters. The van der Waals surface area contributed by atoms with Crippen molar-refractivity contribution in [3.8, 4) is 5.75 Å². The van der Waals surface area contributed by atoms with Gasteiger partial charge in [0.15, 0.2) is 5.78 Å². The monoisotopic (exact) mass is 267 g/mol. The molecule has 0 aliphatic rings. The van der Waals surface area contributed by atoms with Gasteiger partial charge in [-0.1, -0.05) is 11.6 Å². The molecule has 96 valence electrons. The van der Waals surface area contributed by atoms with Crippen molar-refractivity contribution in [3.63, 3.8) is 0 Å². The van der Waals surface area contributed by atoms with Crippen molar-refractivity contribution < 1.29 is 15.0 Å². The average Bonchev–Trinajstić information content (AvgIpc) is 2.24. The zero-order valence-electron chi connectivity index (χ0n) is 10.4. The summed E-state index contributed by atoms with van der Waals surface area (Å²) in [6.45, 7) is 4.45. The fourth-order valence-corrected chi connectivity index (χ4v) is 1.63. The molecule has 0 aliphatic heterocycles. The third-order valence-electron chi connectivity index (χ3n) is 2.35. The molecule has 0 saturated carbocycles. The molecule has 5 heteroatoms. The van der Waals surface area contributed by atoms with Gasteiger partial charge in [-0.05, 0) is 38.5 Å². The maximum absolute atomic E-state index is 11.2. The summed E-state index contributed by atoms with van der Waals surface area (Å²) in [5, 5.41) is 19.0. The van der Waals surface area contributed by atoms with Gasteiger partial charge in [0, 0.05) is 6.21 Å². The Hall–Kier alpha value is -1.81. The lowest BCUT2D eigenvalue weighted by Crippen LogP contribution is -2.01. The van der Waals surface area contributed by atoms with E-state index in [2.05, 4.69) is 4.99 Å². The van der Waals surface area contributed by atoms with Crippen LogP contribution in [0.3, 0.4) is 0 Å². The number of allylic oxidation sites excluding steroid dienone is 2. The maximum Gasteiger partial charge on any atom is 0.164 e. The van der Waals surface area contributed by atoms with Gasteiger partial charge in [0.25, 0.3) is 0 Å². The van der Waals surface area contributed by atoms with Crippen LogP contribution in [0.15, 0.2) is 28.5 Å². The number of carbonyl (C=O) groups excluding carboxylic acids is 1. The molecule has 0 radical (unpaired) electrons. The summed E-state index contributed by atoms with van der Waals surface area (Å²) < 4.78 is 0. The quantitative estimate of drug-likeness (QED) is 0.500. The van der Waals surface area contributed by atoms with Crippen molar-refractivity contribution in [1.29, 1.82) is 0 Å². The van der Waals surface area contributed by atoms with Crippen LogP contribution in [0.4, 0.5) is 5.69 Å². The minimum absolute atomic E-state index is 0.0105. The lowest BCUT2D eigenvalue weighted by Gasteiger charge is -2.03. The molecule has 0 bridgehead atoms. The zero-order valence-corrected chi connectivity index (χ0v) is 11.1. The summed E-state index contributed by atoms with van der Waals surface area (Å²) in [6, 6.07) is 3.10. The van der Waals surface area contributed by atoms with Crippen LogP contribution in [-0.4, -0.2) is 22.2 Å². The molecule has 0 heterocycles. The van der Waals surface area contributed by atoms with E-state index >= 15 is 0 Å². The van der Waals surface area contributed by atoms with Gasteiger partial charge in [-0.15, -0.1) is 0 Å². The summed E-state index contributed by atoms with van der Waals surface area (Å²) in [6.07, 6.45) is 1.28. The number of aliphatic hydroxyl groups is 1. The summed E-state index contributed by atoms with van der Waals surface area (Å²) in [7, 11) is 0. The normalized spacial score (nSPS) is 12.7. The van der Waals surface area contributed by atoms with Gasteiger partial charge < -0.3 is 10.2 Å². The fraction of sp³-hybridized carbons (Fsp3) is 0.231. The van der Waals surface area contributed by atoms with E-state index in [0.717, 1.165) is 0 Å². The molecule has 4 nitrogen and oxygen atoms in total. The number of hydrogen-bond acceptors (Lipinski definition) is 4. The first kappa shape index (κ1) is 14.3. The van der Waals surface area contributed by atoms with Crippen LogP contribution in [0.5, 0.6) is 5.75 Å². The SMILES string of the molecule is CC(=O)/C(C=Nc1cc(C)c(O)c(Cl)c1)=C(\C)O. The standard InChI is InChI=1S/C13H14ClNO3/c1-7-4-10(5-12(14)13(7)18)15-6-11(8(2)16)9(3)17/h4-6,16,18H,1-3H3/b11-8+,15-6?. The first-order chi connectivity index (χ1) is 8.32. The molecule has 0 amide bonds. The number of hydrogen-bond donors (Lipinski definition) is 2. The Bertz CT molecular complexity index is 520. The number of aliphatic imine (C=N–C) groups is 1. The Balaban J connectivity index is 3.12. The van der Waals surface area contributed by atoms with Gasteiger partial charge in [-0.3, -0.25) is 9.79 Å². The molecule has 0 aromatic heterocycles. The van der Waals surface area contributed by atoms with Crippen LogP contribution >= 0.6 is 11.6 Å². The van der Waals surface area contributed by atoms with E-state index < -0.39 is 0 Å². The Labute approximate surface area is 110 Å².